The summed E-state index contributed by atoms with van der Waals surface area (Å²) in [5, 5.41) is 0.847. The molecule has 0 aliphatic rings. The van der Waals surface area contributed by atoms with Crippen molar-refractivity contribution in [3.63, 3.8) is 0 Å². The van der Waals surface area contributed by atoms with Crippen LogP contribution in [0.15, 0.2) is 34.8 Å². The number of benzene rings is 2. The number of fused-ring (bicyclic) bond motifs is 1. The standard InChI is InChI=1S/C14H7BrCl3FN2/c15-9-4-8(19)5-10(18)14(9)21-12-2-1-7(17)3-11(12)20-13(21)6-16/h1-5H,6H2. The van der Waals surface area contributed by atoms with Crippen LogP contribution in [0.5, 0.6) is 0 Å². The summed E-state index contributed by atoms with van der Waals surface area (Å²) >= 11 is 21.5. The summed E-state index contributed by atoms with van der Waals surface area (Å²) in [4.78, 5) is 4.45. The smallest absolute Gasteiger partial charge is 0.129 e. The highest BCUT2D eigenvalue weighted by molar-refractivity contribution is 9.10. The molecule has 1 heterocycles. The maximum absolute atomic E-state index is 13.4. The number of nitrogens with zero attached hydrogens (tertiary/aromatic N) is 2. The summed E-state index contributed by atoms with van der Waals surface area (Å²) in [7, 11) is 0. The van der Waals surface area contributed by atoms with Crippen LogP contribution in [0.3, 0.4) is 0 Å². The Morgan fingerprint density at radius 3 is 2.62 bits per heavy atom. The number of aromatic nitrogens is 2. The molecule has 7 heteroatoms. The van der Waals surface area contributed by atoms with E-state index < -0.39 is 5.82 Å². The van der Waals surface area contributed by atoms with Gasteiger partial charge in [-0.15, -0.1) is 11.6 Å². The van der Waals surface area contributed by atoms with E-state index in [0.717, 1.165) is 5.52 Å². The Kier molecular flexibility index (Phi) is 4.14. The minimum absolute atomic E-state index is 0.187. The van der Waals surface area contributed by atoms with Crippen molar-refractivity contribution in [3.05, 3.63) is 56.5 Å². The largest absolute Gasteiger partial charge is 0.293 e. The van der Waals surface area contributed by atoms with Crippen LogP contribution in [0.25, 0.3) is 16.7 Å². The quantitative estimate of drug-likeness (QED) is 0.478. The SMILES string of the molecule is Fc1cc(Cl)c(-n2c(CCl)nc3cc(Cl)ccc32)c(Br)c1. The van der Waals surface area contributed by atoms with Gasteiger partial charge >= 0.3 is 0 Å². The second-order valence-corrected chi connectivity index (χ2v) is 6.31. The number of imidazole rings is 1. The minimum Gasteiger partial charge on any atom is -0.293 e. The second-order valence-electron chi connectivity index (χ2n) is 4.35. The maximum Gasteiger partial charge on any atom is 0.129 e. The monoisotopic (exact) mass is 406 g/mol. The van der Waals surface area contributed by atoms with Gasteiger partial charge in [-0.05, 0) is 46.3 Å². The number of hydrogen-bond acceptors (Lipinski definition) is 1. The molecular formula is C14H7BrCl3FN2. The van der Waals surface area contributed by atoms with Gasteiger partial charge in [0, 0.05) is 9.50 Å². The Balaban J connectivity index is 2.39. The van der Waals surface area contributed by atoms with E-state index in [1.54, 1.807) is 16.7 Å². The minimum atomic E-state index is -0.421. The van der Waals surface area contributed by atoms with Crippen LogP contribution in [0.1, 0.15) is 5.82 Å². The van der Waals surface area contributed by atoms with Crippen molar-refractivity contribution in [3.8, 4) is 5.69 Å². The second kappa shape index (κ2) is 5.76. The summed E-state index contributed by atoms with van der Waals surface area (Å²) in [6, 6.07) is 7.93. The van der Waals surface area contributed by atoms with Crippen molar-refractivity contribution in [2.45, 2.75) is 5.88 Å². The fourth-order valence-electron chi connectivity index (χ4n) is 2.19. The van der Waals surface area contributed by atoms with Gasteiger partial charge in [-0.25, -0.2) is 9.37 Å². The Hall–Kier alpha value is -0.810. The van der Waals surface area contributed by atoms with Crippen LogP contribution in [-0.2, 0) is 5.88 Å². The average molecular weight is 408 g/mol. The summed E-state index contributed by atoms with van der Waals surface area (Å²) in [6.07, 6.45) is 0. The third-order valence-corrected chi connectivity index (χ3v) is 4.38. The molecule has 1 aromatic heterocycles. The Morgan fingerprint density at radius 2 is 1.95 bits per heavy atom. The van der Waals surface area contributed by atoms with Gasteiger partial charge in [0.1, 0.15) is 11.6 Å². The third-order valence-electron chi connectivity index (χ3n) is 3.01. The van der Waals surface area contributed by atoms with Crippen LogP contribution >= 0.6 is 50.7 Å². The maximum atomic E-state index is 13.4. The van der Waals surface area contributed by atoms with Gasteiger partial charge in [-0.2, -0.15) is 0 Å². The van der Waals surface area contributed by atoms with Crippen LogP contribution in [-0.4, -0.2) is 9.55 Å². The first-order chi connectivity index (χ1) is 10.0. The predicted octanol–water partition coefficient (Wildman–Crippen LogP) is 5.97. The van der Waals surface area contributed by atoms with E-state index in [4.69, 9.17) is 34.8 Å². The van der Waals surface area contributed by atoms with Crippen LogP contribution in [0, 0.1) is 5.82 Å². The molecule has 3 rings (SSSR count). The van der Waals surface area contributed by atoms with Crippen molar-refractivity contribution >= 4 is 61.8 Å². The van der Waals surface area contributed by atoms with Crippen molar-refractivity contribution in [1.29, 1.82) is 0 Å². The number of alkyl halides is 1. The van der Waals surface area contributed by atoms with Gasteiger partial charge in [-0.3, -0.25) is 4.57 Å². The molecule has 2 nitrogen and oxygen atoms in total. The van der Waals surface area contributed by atoms with E-state index in [-0.39, 0.29) is 10.9 Å². The van der Waals surface area contributed by atoms with Gasteiger partial charge < -0.3 is 0 Å². The lowest BCUT2D eigenvalue weighted by Gasteiger charge is -2.12. The Bertz CT molecular complexity index is 825. The first-order valence-corrected chi connectivity index (χ1v) is 7.97. The van der Waals surface area contributed by atoms with Gasteiger partial charge in [0.05, 0.1) is 27.6 Å². The topological polar surface area (TPSA) is 17.8 Å². The lowest BCUT2D eigenvalue weighted by atomic mass is 10.2. The van der Waals surface area contributed by atoms with Gasteiger partial charge in [-0.1, -0.05) is 23.2 Å². The van der Waals surface area contributed by atoms with Crippen LogP contribution in [0.4, 0.5) is 4.39 Å². The zero-order valence-electron chi connectivity index (χ0n) is 10.4. The molecule has 0 N–H and O–H groups in total. The number of hydrogen-bond donors (Lipinski definition) is 0. The molecule has 0 amide bonds. The first-order valence-electron chi connectivity index (χ1n) is 5.89. The molecule has 0 spiro atoms. The molecule has 0 atom stereocenters. The summed E-state index contributed by atoms with van der Waals surface area (Å²) < 4.78 is 15.7. The van der Waals surface area contributed by atoms with Gasteiger partial charge in [0.25, 0.3) is 0 Å². The Labute approximate surface area is 143 Å². The highest BCUT2D eigenvalue weighted by atomic mass is 79.9. The molecule has 3 aromatic rings. The van der Waals surface area contributed by atoms with E-state index in [1.165, 1.54) is 12.1 Å². The van der Waals surface area contributed by atoms with Crippen molar-refractivity contribution in [2.75, 3.05) is 0 Å². The molecule has 0 saturated carbocycles. The van der Waals surface area contributed by atoms with Gasteiger partial charge in [0.2, 0.25) is 0 Å². The third kappa shape index (κ3) is 2.66. The van der Waals surface area contributed by atoms with E-state index in [9.17, 15) is 4.39 Å². The van der Waals surface area contributed by atoms with E-state index in [0.29, 0.717) is 26.5 Å². The summed E-state index contributed by atoms with van der Waals surface area (Å²) in [6.45, 7) is 0. The van der Waals surface area contributed by atoms with Gasteiger partial charge in [0.15, 0.2) is 0 Å². The molecule has 0 aliphatic carbocycles. The molecule has 108 valence electrons. The average Bonchev–Trinajstić information content (AvgIpc) is 2.75. The van der Waals surface area contributed by atoms with E-state index in [2.05, 4.69) is 20.9 Å². The Morgan fingerprint density at radius 1 is 1.19 bits per heavy atom. The van der Waals surface area contributed by atoms with Crippen molar-refractivity contribution in [2.24, 2.45) is 0 Å². The molecule has 0 bridgehead atoms. The molecule has 0 unspecified atom stereocenters. The molecule has 2 aromatic carbocycles. The van der Waals surface area contributed by atoms with E-state index >= 15 is 0 Å². The lowest BCUT2D eigenvalue weighted by molar-refractivity contribution is 0.626. The number of rotatable bonds is 2. The normalized spacial score (nSPS) is 11.3. The summed E-state index contributed by atoms with van der Waals surface area (Å²) in [5.41, 5.74) is 2.09. The predicted molar refractivity (Wildman–Crippen MR) is 88.3 cm³/mol. The lowest BCUT2D eigenvalue weighted by Crippen LogP contribution is -2.02. The fourth-order valence-corrected chi connectivity index (χ4v) is 3.55. The molecule has 21 heavy (non-hydrogen) atoms. The van der Waals surface area contributed by atoms with Crippen molar-refractivity contribution in [1.82, 2.24) is 9.55 Å². The molecule has 0 aliphatic heterocycles. The van der Waals surface area contributed by atoms with Crippen molar-refractivity contribution < 1.29 is 4.39 Å². The highest BCUT2D eigenvalue weighted by Crippen LogP contribution is 2.34. The first kappa shape index (κ1) is 15.1. The van der Waals surface area contributed by atoms with Crippen LogP contribution in [0.2, 0.25) is 10.0 Å². The number of halogens is 5. The molecule has 0 radical (unpaired) electrons. The molecule has 0 fully saturated rings. The fraction of sp³-hybridized carbons (Fsp3) is 0.0714. The summed E-state index contributed by atoms with van der Waals surface area (Å²) in [5.74, 6) is 0.366. The highest BCUT2D eigenvalue weighted by Gasteiger charge is 2.17. The molecular weight excluding hydrogens is 401 g/mol. The van der Waals surface area contributed by atoms with E-state index in [1.807, 2.05) is 6.07 Å². The van der Waals surface area contributed by atoms with Crippen LogP contribution < -0.4 is 0 Å². The zero-order valence-corrected chi connectivity index (χ0v) is 14.2. The zero-order chi connectivity index (χ0) is 15.1. The molecule has 0 saturated heterocycles.